The van der Waals surface area contributed by atoms with Crippen LogP contribution in [0.25, 0.3) is 10.9 Å². The molecule has 1 aromatic heterocycles. The molecule has 186 valence electrons. The maximum absolute atomic E-state index is 13.6. The number of amides is 3. The van der Waals surface area contributed by atoms with Crippen LogP contribution in [0.5, 0.6) is 0 Å². The number of fused-ring (bicyclic) bond motifs is 1. The zero-order chi connectivity index (χ0) is 24.7. The molecule has 1 fully saturated rings. The standard InChI is InChI=1S/C26H39N5O3/c1-5-30(6-2)24(32)18-29-12-9-13-31(15-14-29)26(34)23(28-25(33)19(3)4)16-20-17-27-22-11-8-7-10-21(20)22/h7-8,10-11,17,19,23,27H,5-6,9,12-16,18H2,1-4H3,(H,28,33). The third kappa shape index (κ3) is 6.38. The maximum Gasteiger partial charge on any atom is 0.245 e. The van der Waals surface area contributed by atoms with E-state index in [2.05, 4.69) is 15.2 Å². The number of rotatable bonds is 9. The van der Waals surface area contributed by atoms with Crippen LogP contribution in [0.15, 0.2) is 30.5 Å². The summed E-state index contributed by atoms with van der Waals surface area (Å²) in [4.78, 5) is 47.8. The van der Waals surface area contributed by atoms with Gasteiger partial charge in [0.1, 0.15) is 6.04 Å². The molecule has 3 rings (SSSR count). The lowest BCUT2D eigenvalue weighted by Gasteiger charge is -2.28. The van der Waals surface area contributed by atoms with E-state index in [1.54, 1.807) is 0 Å². The average Bonchev–Trinajstić information content (AvgIpc) is 3.08. The molecule has 2 N–H and O–H groups in total. The minimum absolute atomic E-state index is 0.0591. The second kappa shape index (κ2) is 12.0. The van der Waals surface area contributed by atoms with Crippen LogP contribution in [0, 0.1) is 5.92 Å². The van der Waals surface area contributed by atoms with E-state index in [1.807, 2.05) is 68.0 Å². The zero-order valence-electron chi connectivity index (χ0n) is 21.0. The fourth-order valence-electron chi connectivity index (χ4n) is 4.50. The Morgan fingerprint density at radius 1 is 1.06 bits per heavy atom. The van der Waals surface area contributed by atoms with Crippen LogP contribution in [0.1, 0.15) is 39.7 Å². The fourth-order valence-corrected chi connectivity index (χ4v) is 4.50. The second-order valence-electron chi connectivity index (χ2n) is 9.30. The first-order chi connectivity index (χ1) is 16.3. The predicted molar refractivity (Wildman–Crippen MR) is 134 cm³/mol. The number of nitrogens with one attached hydrogen (secondary N) is 2. The normalized spacial score (nSPS) is 15.9. The van der Waals surface area contributed by atoms with E-state index in [0.717, 1.165) is 29.4 Å². The molecule has 1 atom stereocenters. The lowest BCUT2D eigenvalue weighted by atomic mass is 10.0. The van der Waals surface area contributed by atoms with Crippen molar-refractivity contribution in [3.05, 3.63) is 36.0 Å². The Balaban J connectivity index is 1.70. The number of carbonyl (C=O) groups excluding carboxylic acids is 3. The van der Waals surface area contributed by atoms with Crippen LogP contribution < -0.4 is 5.32 Å². The molecule has 0 spiro atoms. The average molecular weight is 470 g/mol. The molecule has 1 aromatic carbocycles. The van der Waals surface area contributed by atoms with Crippen molar-refractivity contribution in [2.45, 2.75) is 46.6 Å². The summed E-state index contributed by atoms with van der Waals surface area (Å²) in [6, 6.07) is 7.36. The molecular formula is C26H39N5O3. The SMILES string of the molecule is CCN(CC)C(=O)CN1CCCN(C(=O)C(Cc2c[nH]c3ccccc23)NC(=O)C(C)C)CC1. The molecule has 1 aliphatic rings. The Hall–Kier alpha value is -2.87. The van der Waals surface area contributed by atoms with Gasteiger partial charge in [0.15, 0.2) is 0 Å². The van der Waals surface area contributed by atoms with Gasteiger partial charge in [-0.25, -0.2) is 0 Å². The van der Waals surface area contributed by atoms with Crippen LogP contribution in [-0.2, 0) is 20.8 Å². The fraction of sp³-hybridized carbons (Fsp3) is 0.577. The summed E-state index contributed by atoms with van der Waals surface area (Å²) in [6.07, 6.45) is 3.16. The molecule has 2 aromatic rings. The number of aromatic amines is 1. The number of carbonyl (C=O) groups is 3. The molecule has 2 heterocycles. The van der Waals surface area contributed by atoms with Crippen LogP contribution in [0.4, 0.5) is 0 Å². The summed E-state index contributed by atoms with van der Waals surface area (Å²) in [5, 5.41) is 4.06. The summed E-state index contributed by atoms with van der Waals surface area (Å²) in [6.45, 7) is 12.0. The van der Waals surface area contributed by atoms with Gasteiger partial charge in [0, 0.05) is 68.7 Å². The van der Waals surface area contributed by atoms with Gasteiger partial charge in [0.25, 0.3) is 0 Å². The van der Waals surface area contributed by atoms with Gasteiger partial charge in [0.2, 0.25) is 17.7 Å². The largest absolute Gasteiger partial charge is 0.361 e. The highest BCUT2D eigenvalue weighted by Crippen LogP contribution is 2.20. The first-order valence-electron chi connectivity index (χ1n) is 12.5. The van der Waals surface area contributed by atoms with Gasteiger partial charge < -0.3 is 20.1 Å². The van der Waals surface area contributed by atoms with Crippen molar-refractivity contribution in [2.75, 3.05) is 45.8 Å². The number of hydrogen-bond acceptors (Lipinski definition) is 4. The summed E-state index contributed by atoms with van der Waals surface area (Å²) in [5.74, 6) is -0.258. The van der Waals surface area contributed by atoms with E-state index in [0.29, 0.717) is 45.7 Å². The molecule has 0 bridgehead atoms. The highest BCUT2D eigenvalue weighted by molar-refractivity contribution is 5.90. The number of nitrogens with zero attached hydrogens (tertiary/aromatic N) is 3. The van der Waals surface area contributed by atoms with Crippen molar-refractivity contribution < 1.29 is 14.4 Å². The Bertz CT molecular complexity index is 982. The maximum atomic E-state index is 13.6. The van der Waals surface area contributed by atoms with Gasteiger partial charge in [0.05, 0.1) is 6.54 Å². The quantitative estimate of drug-likeness (QED) is 0.590. The van der Waals surface area contributed by atoms with E-state index in [-0.39, 0.29) is 23.6 Å². The van der Waals surface area contributed by atoms with Crippen molar-refractivity contribution in [2.24, 2.45) is 5.92 Å². The highest BCUT2D eigenvalue weighted by atomic mass is 16.2. The van der Waals surface area contributed by atoms with E-state index in [9.17, 15) is 14.4 Å². The Morgan fingerprint density at radius 2 is 1.79 bits per heavy atom. The van der Waals surface area contributed by atoms with E-state index >= 15 is 0 Å². The molecule has 34 heavy (non-hydrogen) atoms. The summed E-state index contributed by atoms with van der Waals surface area (Å²) in [5.41, 5.74) is 2.03. The minimum atomic E-state index is -0.627. The third-order valence-electron chi connectivity index (χ3n) is 6.61. The molecule has 3 amide bonds. The highest BCUT2D eigenvalue weighted by Gasteiger charge is 2.29. The van der Waals surface area contributed by atoms with E-state index in [1.165, 1.54) is 0 Å². The Kier molecular flexibility index (Phi) is 9.10. The number of hydrogen-bond donors (Lipinski definition) is 2. The second-order valence-corrected chi connectivity index (χ2v) is 9.30. The van der Waals surface area contributed by atoms with Gasteiger partial charge in [-0.2, -0.15) is 0 Å². The third-order valence-corrected chi connectivity index (χ3v) is 6.61. The molecule has 8 nitrogen and oxygen atoms in total. The van der Waals surface area contributed by atoms with Crippen LogP contribution in [-0.4, -0.2) is 89.3 Å². The monoisotopic (exact) mass is 469 g/mol. The molecule has 1 saturated heterocycles. The van der Waals surface area contributed by atoms with Crippen LogP contribution in [0.2, 0.25) is 0 Å². The van der Waals surface area contributed by atoms with Crippen molar-refractivity contribution in [1.29, 1.82) is 0 Å². The molecular weight excluding hydrogens is 430 g/mol. The first-order valence-corrected chi connectivity index (χ1v) is 12.5. The zero-order valence-corrected chi connectivity index (χ0v) is 21.0. The van der Waals surface area contributed by atoms with Gasteiger partial charge in [-0.3, -0.25) is 19.3 Å². The summed E-state index contributed by atoms with van der Waals surface area (Å²) in [7, 11) is 0. The topological polar surface area (TPSA) is 88.8 Å². The Morgan fingerprint density at radius 3 is 2.50 bits per heavy atom. The van der Waals surface area contributed by atoms with Crippen molar-refractivity contribution in [3.63, 3.8) is 0 Å². The number of likely N-dealkylation sites (N-methyl/N-ethyl adjacent to an activating group) is 1. The molecule has 0 radical (unpaired) electrons. The number of benzene rings is 1. The molecule has 1 aliphatic heterocycles. The van der Waals surface area contributed by atoms with Gasteiger partial charge in [-0.1, -0.05) is 32.0 Å². The molecule has 0 saturated carbocycles. The molecule has 1 unspecified atom stereocenters. The lowest BCUT2D eigenvalue weighted by molar-refractivity contribution is -0.137. The molecule has 0 aliphatic carbocycles. The van der Waals surface area contributed by atoms with Gasteiger partial charge in [-0.15, -0.1) is 0 Å². The summed E-state index contributed by atoms with van der Waals surface area (Å²) >= 11 is 0. The van der Waals surface area contributed by atoms with E-state index in [4.69, 9.17) is 0 Å². The summed E-state index contributed by atoms with van der Waals surface area (Å²) < 4.78 is 0. The number of para-hydroxylation sites is 1. The van der Waals surface area contributed by atoms with Crippen molar-refractivity contribution >= 4 is 28.6 Å². The number of H-pyrrole nitrogens is 1. The predicted octanol–water partition coefficient (Wildman–Crippen LogP) is 2.25. The van der Waals surface area contributed by atoms with Crippen molar-refractivity contribution in [3.8, 4) is 0 Å². The van der Waals surface area contributed by atoms with Gasteiger partial charge >= 0.3 is 0 Å². The van der Waals surface area contributed by atoms with E-state index < -0.39 is 6.04 Å². The van der Waals surface area contributed by atoms with Gasteiger partial charge in [-0.05, 0) is 31.9 Å². The number of aromatic nitrogens is 1. The molecule has 8 heteroatoms. The van der Waals surface area contributed by atoms with Crippen molar-refractivity contribution in [1.82, 2.24) is 25.0 Å². The first kappa shape index (κ1) is 25.7. The Labute approximate surface area is 202 Å². The minimum Gasteiger partial charge on any atom is -0.361 e. The smallest absolute Gasteiger partial charge is 0.245 e. The van der Waals surface area contributed by atoms with Crippen LogP contribution in [0.3, 0.4) is 0 Å². The van der Waals surface area contributed by atoms with Crippen LogP contribution >= 0.6 is 0 Å². The lowest BCUT2D eigenvalue weighted by Crippen LogP contribution is -2.51.